The van der Waals surface area contributed by atoms with E-state index in [1.807, 2.05) is 6.92 Å². The van der Waals surface area contributed by atoms with Crippen molar-refractivity contribution in [3.63, 3.8) is 0 Å². The Labute approximate surface area is 117 Å². The Kier molecular flexibility index (Phi) is 4.68. The van der Waals surface area contributed by atoms with Gasteiger partial charge in [0.25, 0.3) is 0 Å². The van der Waals surface area contributed by atoms with Crippen LogP contribution < -0.4 is 4.74 Å². The van der Waals surface area contributed by atoms with Crippen molar-refractivity contribution < 1.29 is 18.3 Å². The van der Waals surface area contributed by atoms with Crippen molar-refractivity contribution in [1.29, 1.82) is 0 Å². The van der Waals surface area contributed by atoms with Crippen LogP contribution in [-0.2, 0) is 0 Å². The van der Waals surface area contributed by atoms with Crippen LogP contribution in [0.15, 0.2) is 18.5 Å². The third-order valence-electron chi connectivity index (χ3n) is 3.56. The van der Waals surface area contributed by atoms with E-state index in [2.05, 4.69) is 4.98 Å². The van der Waals surface area contributed by atoms with Gasteiger partial charge < -0.3 is 4.74 Å². The number of carbonyl (C=O) groups excluding carboxylic acids is 1. The molecule has 0 bridgehead atoms. The maximum Gasteiger partial charge on any atom is 0.248 e. The Hall–Kier alpha value is -1.52. The van der Waals surface area contributed by atoms with E-state index in [1.54, 1.807) is 12.3 Å². The number of ketones is 1. The number of hydrogen-bond donors (Lipinski definition) is 0. The van der Waals surface area contributed by atoms with Crippen LogP contribution >= 0.6 is 0 Å². The summed E-state index contributed by atoms with van der Waals surface area (Å²) in [6.45, 7) is 2.56. The molecule has 0 aliphatic heterocycles. The second-order valence-electron chi connectivity index (χ2n) is 5.25. The number of alkyl halides is 2. The SMILES string of the molecule is CCCOc1cncc(C(=O)C2CCC(F)(F)CC2)c1. The first-order valence-electron chi connectivity index (χ1n) is 7.02. The number of pyridine rings is 1. The lowest BCUT2D eigenvalue weighted by molar-refractivity contribution is -0.0424. The van der Waals surface area contributed by atoms with Crippen LogP contribution in [-0.4, -0.2) is 23.3 Å². The number of hydrogen-bond acceptors (Lipinski definition) is 3. The molecule has 3 nitrogen and oxygen atoms in total. The Bertz CT molecular complexity index is 467. The number of nitrogens with zero attached hydrogens (tertiary/aromatic N) is 1. The van der Waals surface area contributed by atoms with Gasteiger partial charge in [-0.05, 0) is 25.3 Å². The summed E-state index contributed by atoms with van der Waals surface area (Å²) in [5.74, 6) is -2.48. The summed E-state index contributed by atoms with van der Waals surface area (Å²) in [4.78, 5) is 16.3. The monoisotopic (exact) mass is 283 g/mol. The highest BCUT2D eigenvalue weighted by Crippen LogP contribution is 2.37. The fourth-order valence-electron chi connectivity index (χ4n) is 2.39. The Morgan fingerprint density at radius 2 is 2.10 bits per heavy atom. The summed E-state index contributed by atoms with van der Waals surface area (Å²) >= 11 is 0. The molecule has 1 aromatic rings. The molecule has 0 amide bonds. The molecule has 0 spiro atoms. The summed E-state index contributed by atoms with van der Waals surface area (Å²) in [7, 11) is 0. The number of carbonyl (C=O) groups is 1. The van der Waals surface area contributed by atoms with Gasteiger partial charge in [-0.15, -0.1) is 0 Å². The lowest BCUT2D eigenvalue weighted by Crippen LogP contribution is -2.28. The third kappa shape index (κ3) is 3.74. The number of Topliss-reactive ketones (excluding diaryl/α,β-unsaturated/α-hetero) is 1. The van der Waals surface area contributed by atoms with Crippen molar-refractivity contribution >= 4 is 5.78 Å². The first kappa shape index (κ1) is 14.9. The standard InChI is InChI=1S/C15H19F2NO2/c1-2-7-20-13-8-12(9-18-10-13)14(19)11-3-5-15(16,17)6-4-11/h8-11H,2-7H2,1H3. The second kappa shape index (κ2) is 6.29. The van der Waals surface area contributed by atoms with E-state index >= 15 is 0 Å². The van der Waals surface area contributed by atoms with Crippen molar-refractivity contribution in [2.45, 2.75) is 45.0 Å². The molecule has 0 N–H and O–H groups in total. The molecule has 1 heterocycles. The zero-order valence-corrected chi connectivity index (χ0v) is 11.6. The van der Waals surface area contributed by atoms with E-state index in [-0.39, 0.29) is 37.4 Å². The van der Waals surface area contributed by atoms with E-state index in [0.29, 0.717) is 17.9 Å². The van der Waals surface area contributed by atoms with Gasteiger partial charge in [-0.1, -0.05) is 6.92 Å². The van der Waals surface area contributed by atoms with Crippen LogP contribution in [0.3, 0.4) is 0 Å². The molecule has 0 aromatic carbocycles. The maximum atomic E-state index is 13.1. The molecular weight excluding hydrogens is 264 g/mol. The molecule has 1 aliphatic rings. The van der Waals surface area contributed by atoms with Crippen LogP contribution in [0.5, 0.6) is 5.75 Å². The Balaban J connectivity index is 2.02. The molecule has 20 heavy (non-hydrogen) atoms. The van der Waals surface area contributed by atoms with Gasteiger partial charge in [0.2, 0.25) is 5.92 Å². The smallest absolute Gasteiger partial charge is 0.248 e. The predicted molar refractivity (Wildman–Crippen MR) is 71.3 cm³/mol. The fraction of sp³-hybridized carbons (Fsp3) is 0.600. The lowest BCUT2D eigenvalue weighted by atomic mass is 9.82. The predicted octanol–water partition coefficient (Wildman–Crippen LogP) is 3.88. The number of aromatic nitrogens is 1. The first-order chi connectivity index (χ1) is 9.52. The summed E-state index contributed by atoms with van der Waals surface area (Å²) in [5.41, 5.74) is 0.453. The van der Waals surface area contributed by atoms with E-state index in [9.17, 15) is 13.6 Å². The van der Waals surface area contributed by atoms with Gasteiger partial charge in [0, 0.05) is 30.5 Å². The van der Waals surface area contributed by atoms with Crippen molar-refractivity contribution in [2.24, 2.45) is 5.92 Å². The van der Waals surface area contributed by atoms with Gasteiger partial charge in [-0.2, -0.15) is 0 Å². The van der Waals surface area contributed by atoms with Gasteiger partial charge in [0.05, 0.1) is 12.8 Å². The van der Waals surface area contributed by atoms with Gasteiger partial charge >= 0.3 is 0 Å². The largest absolute Gasteiger partial charge is 0.492 e. The average molecular weight is 283 g/mol. The zero-order valence-electron chi connectivity index (χ0n) is 11.6. The molecule has 1 saturated carbocycles. The fourth-order valence-corrected chi connectivity index (χ4v) is 2.39. The normalized spacial score (nSPS) is 18.8. The van der Waals surface area contributed by atoms with Crippen LogP contribution in [0, 0.1) is 5.92 Å². The lowest BCUT2D eigenvalue weighted by Gasteiger charge is -2.27. The summed E-state index contributed by atoms with van der Waals surface area (Å²) < 4.78 is 31.6. The number of rotatable bonds is 5. The molecule has 1 fully saturated rings. The van der Waals surface area contributed by atoms with Crippen LogP contribution in [0.2, 0.25) is 0 Å². The highest BCUT2D eigenvalue weighted by Gasteiger charge is 2.37. The van der Waals surface area contributed by atoms with Gasteiger partial charge in [-0.3, -0.25) is 9.78 Å². The van der Waals surface area contributed by atoms with Gasteiger partial charge in [-0.25, -0.2) is 8.78 Å². The van der Waals surface area contributed by atoms with E-state index in [4.69, 9.17) is 4.74 Å². The molecule has 2 rings (SSSR count). The molecule has 5 heteroatoms. The second-order valence-corrected chi connectivity index (χ2v) is 5.25. The van der Waals surface area contributed by atoms with E-state index in [0.717, 1.165) is 6.42 Å². The maximum absolute atomic E-state index is 13.1. The zero-order chi connectivity index (χ0) is 14.6. The molecule has 1 aromatic heterocycles. The minimum atomic E-state index is -2.61. The highest BCUT2D eigenvalue weighted by atomic mass is 19.3. The van der Waals surface area contributed by atoms with Crippen molar-refractivity contribution in [2.75, 3.05) is 6.61 Å². The summed E-state index contributed by atoms with van der Waals surface area (Å²) in [6.07, 6.45) is 3.98. The molecule has 0 atom stereocenters. The highest BCUT2D eigenvalue weighted by molar-refractivity contribution is 5.97. The van der Waals surface area contributed by atoms with Crippen molar-refractivity contribution in [3.05, 3.63) is 24.0 Å². The molecule has 0 saturated heterocycles. The Morgan fingerprint density at radius 1 is 1.40 bits per heavy atom. The molecule has 0 radical (unpaired) electrons. The van der Waals surface area contributed by atoms with Crippen LogP contribution in [0.1, 0.15) is 49.4 Å². The Morgan fingerprint density at radius 3 is 2.75 bits per heavy atom. The van der Waals surface area contributed by atoms with Gasteiger partial charge in [0.15, 0.2) is 5.78 Å². The quantitative estimate of drug-likeness (QED) is 0.770. The van der Waals surface area contributed by atoms with Crippen LogP contribution in [0.4, 0.5) is 8.78 Å². The molecular formula is C15H19F2NO2. The number of halogens is 2. The van der Waals surface area contributed by atoms with E-state index < -0.39 is 5.92 Å². The van der Waals surface area contributed by atoms with Crippen LogP contribution in [0.25, 0.3) is 0 Å². The topological polar surface area (TPSA) is 39.2 Å². The third-order valence-corrected chi connectivity index (χ3v) is 3.56. The molecule has 1 aliphatic carbocycles. The molecule has 0 unspecified atom stereocenters. The molecule has 110 valence electrons. The minimum absolute atomic E-state index is 0.102. The average Bonchev–Trinajstić information content (AvgIpc) is 2.45. The summed E-state index contributed by atoms with van der Waals surface area (Å²) in [5, 5.41) is 0. The minimum Gasteiger partial charge on any atom is -0.492 e. The summed E-state index contributed by atoms with van der Waals surface area (Å²) in [6, 6.07) is 1.65. The van der Waals surface area contributed by atoms with E-state index in [1.165, 1.54) is 6.20 Å². The van der Waals surface area contributed by atoms with Crippen molar-refractivity contribution in [1.82, 2.24) is 4.98 Å². The number of ether oxygens (including phenoxy) is 1. The van der Waals surface area contributed by atoms with Crippen molar-refractivity contribution in [3.8, 4) is 5.75 Å². The first-order valence-corrected chi connectivity index (χ1v) is 7.02. The van der Waals surface area contributed by atoms with Gasteiger partial charge in [0.1, 0.15) is 5.75 Å².